The van der Waals surface area contributed by atoms with Crippen molar-refractivity contribution in [1.82, 2.24) is 0 Å². The number of aliphatic hydroxyl groups excluding tert-OH is 1. The van der Waals surface area contributed by atoms with Gasteiger partial charge in [0.15, 0.2) is 0 Å². The Balaban J connectivity index is 1.66. The van der Waals surface area contributed by atoms with E-state index in [2.05, 4.69) is 10.7 Å². The Morgan fingerprint density at radius 2 is 2.11 bits per heavy atom. The SMILES string of the molecule is OC(COc1ccccc1)C[Se]C#Cc1ccsc1. The second-order valence-electron chi connectivity index (χ2n) is 3.83. The van der Waals surface area contributed by atoms with Crippen LogP contribution in [-0.2, 0) is 0 Å². The first kappa shape index (κ1) is 14.2. The van der Waals surface area contributed by atoms with Crippen molar-refractivity contribution in [2.75, 3.05) is 6.61 Å². The first-order valence-electron chi connectivity index (χ1n) is 5.85. The molecule has 2 aromatic rings. The zero-order valence-corrected chi connectivity index (χ0v) is 12.8. The van der Waals surface area contributed by atoms with E-state index < -0.39 is 6.10 Å². The van der Waals surface area contributed by atoms with E-state index in [1.165, 1.54) is 0 Å². The first-order chi connectivity index (χ1) is 9.34. The third-order valence-corrected chi connectivity index (χ3v) is 4.61. The van der Waals surface area contributed by atoms with Crippen LogP contribution in [0.2, 0.25) is 5.32 Å². The third-order valence-electron chi connectivity index (χ3n) is 2.25. The molecule has 0 aliphatic heterocycles. The molecule has 0 saturated carbocycles. The molecule has 2 rings (SSSR count). The second kappa shape index (κ2) is 8.04. The van der Waals surface area contributed by atoms with Crippen molar-refractivity contribution in [3.63, 3.8) is 0 Å². The molecule has 0 fully saturated rings. The fourth-order valence-corrected chi connectivity index (χ4v) is 3.09. The molecule has 0 spiro atoms. The maximum absolute atomic E-state index is 9.79. The molecule has 0 radical (unpaired) electrons. The van der Waals surface area contributed by atoms with Gasteiger partial charge in [-0.05, 0) is 0 Å². The van der Waals surface area contributed by atoms with Gasteiger partial charge >= 0.3 is 123 Å². The Morgan fingerprint density at radius 3 is 2.84 bits per heavy atom. The average Bonchev–Trinajstić information content (AvgIpc) is 2.96. The fourth-order valence-electron chi connectivity index (χ4n) is 1.33. The summed E-state index contributed by atoms with van der Waals surface area (Å²) in [6.45, 7) is 0.325. The Labute approximate surface area is 123 Å². The monoisotopic (exact) mass is 338 g/mol. The van der Waals surface area contributed by atoms with Gasteiger partial charge in [0.2, 0.25) is 0 Å². The summed E-state index contributed by atoms with van der Waals surface area (Å²) in [5.41, 5.74) is 1.06. The van der Waals surface area contributed by atoms with Crippen molar-refractivity contribution < 1.29 is 9.84 Å². The van der Waals surface area contributed by atoms with Crippen LogP contribution in [0.5, 0.6) is 5.75 Å². The Kier molecular flexibility index (Phi) is 5.99. The first-order valence-corrected chi connectivity index (χ1v) is 8.86. The molecule has 4 heteroatoms. The number of hydrogen-bond donors (Lipinski definition) is 1. The summed E-state index contributed by atoms with van der Waals surface area (Å²) >= 11 is 1.77. The summed E-state index contributed by atoms with van der Waals surface area (Å²) in [7, 11) is 0. The standard InChI is InChI=1S/C15H14O2SSe/c16-14(10-17-15-4-2-1-3-5-15)12-19-9-7-13-6-8-18-11-13/h1-6,8,11,14,16H,10,12H2. The second-order valence-corrected chi connectivity index (χ2v) is 6.34. The molecule has 1 aromatic carbocycles. The summed E-state index contributed by atoms with van der Waals surface area (Å²) in [4.78, 5) is 3.12. The molecule has 0 amide bonds. The van der Waals surface area contributed by atoms with Crippen molar-refractivity contribution in [2.24, 2.45) is 0 Å². The Morgan fingerprint density at radius 1 is 1.26 bits per heavy atom. The normalized spacial score (nSPS) is 11.4. The van der Waals surface area contributed by atoms with E-state index in [1.807, 2.05) is 47.2 Å². The van der Waals surface area contributed by atoms with Crippen LogP contribution in [0.1, 0.15) is 5.56 Å². The molecule has 98 valence electrons. The van der Waals surface area contributed by atoms with Crippen LogP contribution < -0.4 is 4.74 Å². The van der Waals surface area contributed by atoms with Crippen LogP contribution in [-0.4, -0.2) is 32.8 Å². The fraction of sp³-hybridized carbons (Fsp3) is 0.200. The van der Waals surface area contributed by atoms with Gasteiger partial charge in [0.05, 0.1) is 0 Å². The van der Waals surface area contributed by atoms with E-state index in [4.69, 9.17) is 4.74 Å². The summed E-state index contributed by atoms with van der Waals surface area (Å²) in [5, 5.41) is 14.5. The number of thiophene rings is 1. The number of aliphatic hydroxyl groups is 1. The van der Waals surface area contributed by atoms with Gasteiger partial charge in [-0.1, -0.05) is 0 Å². The van der Waals surface area contributed by atoms with E-state index in [0.717, 1.165) is 11.3 Å². The van der Waals surface area contributed by atoms with Crippen molar-refractivity contribution in [3.05, 3.63) is 52.7 Å². The Bertz CT molecular complexity index is 528. The topological polar surface area (TPSA) is 29.5 Å². The minimum absolute atomic E-state index is 0.126. The predicted molar refractivity (Wildman–Crippen MR) is 79.7 cm³/mol. The molecular weight excluding hydrogens is 323 g/mol. The van der Waals surface area contributed by atoms with E-state index in [-0.39, 0.29) is 15.0 Å². The zero-order chi connectivity index (χ0) is 13.3. The van der Waals surface area contributed by atoms with Crippen molar-refractivity contribution in [2.45, 2.75) is 11.4 Å². The molecule has 0 bridgehead atoms. The number of ether oxygens (including phenoxy) is 1. The number of hydrogen-bond acceptors (Lipinski definition) is 3. The van der Waals surface area contributed by atoms with Gasteiger partial charge in [-0.3, -0.25) is 0 Å². The van der Waals surface area contributed by atoms with Crippen LogP contribution in [0.4, 0.5) is 0 Å². The van der Waals surface area contributed by atoms with Crippen molar-refractivity contribution in [3.8, 4) is 16.5 Å². The zero-order valence-electron chi connectivity index (χ0n) is 10.3. The molecule has 0 saturated heterocycles. The van der Waals surface area contributed by atoms with Crippen molar-refractivity contribution in [1.29, 1.82) is 0 Å². The van der Waals surface area contributed by atoms with Gasteiger partial charge in [-0.25, -0.2) is 0 Å². The van der Waals surface area contributed by atoms with Gasteiger partial charge in [0.1, 0.15) is 0 Å². The quantitative estimate of drug-likeness (QED) is 0.671. The summed E-state index contributed by atoms with van der Waals surface area (Å²) < 4.78 is 5.48. The molecule has 2 nitrogen and oxygen atoms in total. The molecule has 19 heavy (non-hydrogen) atoms. The summed E-state index contributed by atoms with van der Waals surface area (Å²) in [5.74, 6) is 3.88. The molecular formula is C15H14O2SSe. The predicted octanol–water partition coefficient (Wildman–Crippen LogP) is 2.62. The average molecular weight is 337 g/mol. The maximum atomic E-state index is 9.79. The Hall–Kier alpha value is -1.24. The van der Waals surface area contributed by atoms with Gasteiger partial charge < -0.3 is 0 Å². The van der Waals surface area contributed by atoms with Crippen LogP contribution in [0.25, 0.3) is 0 Å². The van der Waals surface area contributed by atoms with Crippen molar-refractivity contribution >= 4 is 26.3 Å². The molecule has 1 atom stereocenters. The molecule has 1 aromatic heterocycles. The van der Waals surface area contributed by atoms with E-state index >= 15 is 0 Å². The minimum atomic E-state index is -0.447. The molecule has 1 N–H and O–H groups in total. The molecule has 1 heterocycles. The molecule has 0 aliphatic rings. The number of para-hydroxylation sites is 1. The molecule has 1 unspecified atom stereocenters. The van der Waals surface area contributed by atoms with Gasteiger partial charge in [0, 0.05) is 0 Å². The van der Waals surface area contributed by atoms with Gasteiger partial charge in [-0.15, -0.1) is 0 Å². The molecule has 0 aliphatic carbocycles. The van der Waals surface area contributed by atoms with E-state index in [0.29, 0.717) is 11.9 Å². The third kappa shape index (κ3) is 5.50. The summed E-state index contributed by atoms with van der Waals surface area (Å²) in [6, 6.07) is 11.5. The van der Waals surface area contributed by atoms with Crippen LogP contribution in [0.15, 0.2) is 47.2 Å². The number of benzene rings is 1. The van der Waals surface area contributed by atoms with E-state index in [9.17, 15) is 5.11 Å². The van der Waals surface area contributed by atoms with Crippen LogP contribution >= 0.6 is 11.3 Å². The van der Waals surface area contributed by atoms with Gasteiger partial charge in [0.25, 0.3) is 0 Å². The van der Waals surface area contributed by atoms with Crippen LogP contribution in [0, 0.1) is 10.7 Å². The number of rotatable bonds is 5. The summed E-state index contributed by atoms with van der Waals surface area (Å²) in [6.07, 6.45) is -0.447. The van der Waals surface area contributed by atoms with Gasteiger partial charge in [-0.2, -0.15) is 0 Å². The van der Waals surface area contributed by atoms with E-state index in [1.54, 1.807) is 11.3 Å². The van der Waals surface area contributed by atoms with Crippen LogP contribution in [0.3, 0.4) is 0 Å².